The van der Waals surface area contributed by atoms with Crippen molar-refractivity contribution < 1.29 is 27.9 Å². The molecule has 0 radical (unpaired) electrons. The number of allylic oxidation sites excluding steroid dienone is 1. The molecule has 0 bridgehead atoms. The molecule has 0 aliphatic rings. The summed E-state index contributed by atoms with van der Waals surface area (Å²) in [5.41, 5.74) is 4.13. The number of hydrogen-bond acceptors (Lipinski definition) is 6. The van der Waals surface area contributed by atoms with E-state index in [9.17, 15) is 9.59 Å². The largest absolute Gasteiger partial charge is 0.509 e. The molecular formula is C45H37FN2O5. The van der Waals surface area contributed by atoms with Crippen LogP contribution in [0.25, 0.3) is 28.3 Å². The molecule has 7 rings (SSSR count). The fraction of sp³-hybridized carbons (Fsp3) is 0.133. The van der Waals surface area contributed by atoms with E-state index >= 15 is 4.39 Å². The molecule has 0 saturated heterocycles. The first-order chi connectivity index (χ1) is 25.6. The maximum atomic E-state index is 15.3. The lowest BCUT2D eigenvalue weighted by molar-refractivity contribution is -0.0130. The van der Waals surface area contributed by atoms with E-state index in [1.807, 2.05) is 91.4 Å². The molecule has 2 aromatic heterocycles. The fourth-order valence-electron chi connectivity index (χ4n) is 6.63. The third-order valence-electron chi connectivity index (χ3n) is 8.87. The molecule has 2 heterocycles. The lowest BCUT2D eigenvalue weighted by atomic mass is 9.76. The highest BCUT2D eigenvalue weighted by molar-refractivity contribution is 6.09. The Labute approximate surface area is 307 Å². The van der Waals surface area contributed by atoms with Crippen molar-refractivity contribution in [3.63, 3.8) is 0 Å². The van der Waals surface area contributed by atoms with Crippen LogP contribution in [0.5, 0.6) is 0 Å². The van der Waals surface area contributed by atoms with Gasteiger partial charge in [0.05, 0.1) is 23.8 Å². The number of carbonyl (C=O) groups excluding carboxylic acids is 2. The first kappa shape index (κ1) is 34.9. The Balaban J connectivity index is 1.24. The Bertz CT molecular complexity index is 2310. The Hall–Kier alpha value is -6.54. The minimum Gasteiger partial charge on any atom is -0.457 e. The molecular weight excluding hydrogens is 668 g/mol. The average Bonchev–Trinajstić information content (AvgIpc) is 3.81. The zero-order chi connectivity index (χ0) is 37.0. The van der Waals surface area contributed by atoms with Crippen molar-refractivity contribution in [2.45, 2.75) is 38.5 Å². The Morgan fingerprint density at radius 1 is 0.792 bits per heavy atom. The van der Waals surface area contributed by atoms with Gasteiger partial charge in [0.25, 0.3) is 0 Å². The molecule has 0 atom stereocenters. The van der Waals surface area contributed by atoms with Gasteiger partial charge in [-0.1, -0.05) is 121 Å². The second kappa shape index (κ2) is 14.6. The monoisotopic (exact) mass is 704 g/mol. The van der Waals surface area contributed by atoms with Crippen molar-refractivity contribution in [3.8, 4) is 11.3 Å². The van der Waals surface area contributed by atoms with E-state index in [4.69, 9.17) is 13.9 Å². The standard InChI is InChI=1S/C45H37FN2O5/c1-44(2,3)53-43(50)51-29-36-25-32-26-38(39(46)27-42(32)52-36)41(49)24-23-31-15-13-14-22-37(31)40-28-47-30-48(40)45(33-16-7-4-8-17-33,34-18-9-5-10-19-34)35-20-11-6-12-21-35/h4-28,30H,29H2,1-3H3. The minimum atomic E-state index is -0.848. The van der Waals surface area contributed by atoms with Gasteiger partial charge >= 0.3 is 6.16 Å². The van der Waals surface area contributed by atoms with Gasteiger partial charge < -0.3 is 18.5 Å². The summed E-state index contributed by atoms with van der Waals surface area (Å²) < 4.78 is 33.5. The molecule has 0 unspecified atom stereocenters. The highest BCUT2D eigenvalue weighted by Gasteiger charge is 2.40. The quantitative estimate of drug-likeness (QED) is 0.0610. The molecule has 8 heteroatoms. The summed E-state index contributed by atoms with van der Waals surface area (Å²) in [4.78, 5) is 30.2. The molecule has 0 fully saturated rings. The summed E-state index contributed by atoms with van der Waals surface area (Å²) in [5, 5.41) is 0.495. The van der Waals surface area contributed by atoms with Gasteiger partial charge in [0.1, 0.15) is 28.3 Å². The summed E-state index contributed by atoms with van der Waals surface area (Å²) in [5.74, 6) is -0.966. The van der Waals surface area contributed by atoms with Crippen molar-refractivity contribution in [3.05, 3.63) is 191 Å². The molecule has 7 nitrogen and oxygen atoms in total. The Kier molecular flexibility index (Phi) is 9.61. The molecule has 5 aromatic carbocycles. The van der Waals surface area contributed by atoms with Gasteiger partial charge in [-0.2, -0.15) is 0 Å². The Morgan fingerprint density at radius 2 is 1.38 bits per heavy atom. The number of carbonyl (C=O) groups is 2. The summed E-state index contributed by atoms with van der Waals surface area (Å²) in [7, 11) is 0. The summed E-state index contributed by atoms with van der Waals surface area (Å²) in [6.07, 6.45) is 5.89. The first-order valence-electron chi connectivity index (χ1n) is 17.2. The predicted molar refractivity (Wildman–Crippen MR) is 203 cm³/mol. The third kappa shape index (κ3) is 7.17. The van der Waals surface area contributed by atoms with Gasteiger partial charge in [0.15, 0.2) is 12.4 Å². The maximum Gasteiger partial charge on any atom is 0.509 e. The molecule has 264 valence electrons. The number of aromatic nitrogens is 2. The van der Waals surface area contributed by atoms with Gasteiger partial charge in [-0.15, -0.1) is 0 Å². The highest BCUT2D eigenvalue weighted by atomic mass is 19.1. The lowest BCUT2D eigenvalue weighted by Gasteiger charge is -2.38. The van der Waals surface area contributed by atoms with E-state index < -0.39 is 28.9 Å². The number of ether oxygens (including phenoxy) is 2. The van der Waals surface area contributed by atoms with Crippen LogP contribution in [0.4, 0.5) is 9.18 Å². The number of nitrogens with zero attached hydrogens (tertiary/aromatic N) is 2. The number of hydrogen-bond donors (Lipinski definition) is 0. The van der Waals surface area contributed by atoms with Crippen LogP contribution in [-0.4, -0.2) is 27.1 Å². The van der Waals surface area contributed by atoms with Gasteiger partial charge in [0, 0.05) is 17.0 Å². The molecule has 0 N–H and O–H groups in total. The molecule has 7 aromatic rings. The lowest BCUT2D eigenvalue weighted by Crippen LogP contribution is -2.37. The fourth-order valence-corrected chi connectivity index (χ4v) is 6.63. The normalized spacial score (nSPS) is 11.9. The van der Waals surface area contributed by atoms with E-state index in [-0.39, 0.29) is 23.5 Å². The van der Waals surface area contributed by atoms with E-state index in [0.717, 1.165) is 39.6 Å². The second-order valence-corrected chi connectivity index (χ2v) is 13.6. The summed E-state index contributed by atoms with van der Waals surface area (Å²) >= 11 is 0. The number of imidazole rings is 1. The van der Waals surface area contributed by atoms with Crippen LogP contribution < -0.4 is 0 Å². The Morgan fingerprint density at radius 3 is 1.98 bits per heavy atom. The molecule has 0 saturated carbocycles. The van der Waals surface area contributed by atoms with Crippen LogP contribution in [0.15, 0.2) is 156 Å². The van der Waals surface area contributed by atoms with E-state index in [2.05, 4.69) is 45.9 Å². The third-order valence-corrected chi connectivity index (χ3v) is 8.87. The zero-order valence-electron chi connectivity index (χ0n) is 29.5. The number of benzene rings is 5. The van der Waals surface area contributed by atoms with Crippen LogP contribution >= 0.6 is 0 Å². The van der Waals surface area contributed by atoms with Crippen LogP contribution in [-0.2, 0) is 21.6 Å². The number of furan rings is 1. The van der Waals surface area contributed by atoms with Crippen molar-refractivity contribution in [2.75, 3.05) is 0 Å². The highest BCUT2D eigenvalue weighted by Crippen LogP contribution is 2.43. The summed E-state index contributed by atoms with van der Waals surface area (Å²) in [6.45, 7) is 4.98. The van der Waals surface area contributed by atoms with Crippen molar-refractivity contribution in [2.24, 2.45) is 0 Å². The number of rotatable bonds is 10. The smallest absolute Gasteiger partial charge is 0.457 e. The number of halogens is 1. The predicted octanol–water partition coefficient (Wildman–Crippen LogP) is 10.6. The van der Waals surface area contributed by atoms with Gasteiger partial charge in [-0.25, -0.2) is 14.2 Å². The number of fused-ring (bicyclic) bond motifs is 1. The van der Waals surface area contributed by atoms with Crippen molar-refractivity contribution >= 4 is 29.0 Å². The van der Waals surface area contributed by atoms with Crippen LogP contribution in [0, 0.1) is 5.82 Å². The average molecular weight is 705 g/mol. The molecule has 0 amide bonds. The van der Waals surface area contributed by atoms with Crippen LogP contribution in [0.1, 0.15) is 59.1 Å². The number of ketones is 1. The van der Waals surface area contributed by atoms with Crippen LogP contribution in [0.3, 0.4) is 0 Å². The van der Waals surface area contributed by atoms with Crippen molar-refractivity contribution in [1.29, 1.82) is 0 Å². The SMILES string of the molecule is CC(C)(C)OC(=O)OCc1cc2cc(C(=O)C=Cc3ccccc3-c3cncn3C(c3ccccc3)(c3ccccc3)c3ccccc3)c(F)cc2o1. The first-order valence-corrected chi connectivity index (χ1v) is 17.2. The van der Waals surface area contributed by atoms with Gasteiger partial charge in [-0.3, -0.25) is 4.79 Å². The minimum absolute atomic E-state index is 0.118. The molecule has 0 spiro atoms. The summed E-state index contributed by atoms with van der Waals surface area (Å²) in [6, 6.07) is 42.9. The molecule has 0 aliphatic heterocycles. The van der Waals surface area contributed by atoms with Crippen molar-refractivity contribution in [1.82, 2.24) is 9.55 Å². The molecule has 0 aliphatic carbocycles. The van der Waals surface area contributed by atoms with E-state index in [1.54, 1.807) is 32.9 Å². The zero-order valence-corrected chi connectivity index (χ0v) is 29.5. The van der Waals surface area contributed by atoms with E-state index in [0.29, 0.717) is 5.39 Å². The maximum absolute atomic E-state index is 15.3. The second-order valence-electron chi connectivity index (χ2n) is 13.6. The topological polar surface area (TPSA) is 83.6 Å². The van der Waals surface area contributed by atoms with Crippen LogP contribution in [0.2, 0.25) is 0 Å². The van der Waals surface area contributed by atoms with Gasteiger partial charge in [0.2, 0.25) is 0 Å². The van der Waals surface area contributed by atoms with Gasteiger partial charge in [-0.05, 0) is 61.2 Å². The molecule has 53 heavy (non-hydrogen) atoms. The van der Waals surface area contributed by atoms with E-state index in [1.165, 1.54) is 12.1 Å².